The number of aliphatic hydroxyl groups is 1. The molecule has 0 spiro atoms. The Kier molecular flexibility index (Phi) is 4.94. The van der Waals surface area contributed by atoms with Crippen LogP contribution in [0.3, 0.4) is 0 Å². The van der Waals surface area contributed by atoms with Gasteiger partial charge in [-0.05, 0) is 31.7 Å². The van der Waals surface area contributed by atoms with Crippen LogP contribution in [-0.2, 0) is 0 Å². The van der Waals surface area contributed by atoms with Crippen LogP contribution in [0.2, 0.25) is 0 Å². The first-order valence-corrected chi connectivity index (χ1v) is 6.84. The van der Waals surface area contributed by atoms with Crippen molar-refractivity contribution in [3.05, 3.63) is 29.8 Å². The van der Waals surface area contributed by atoms with E-state index in [2.05, 4.69) is 22.7 Å². The van der Waals surface area contributed by atoms with Crippen molar-refractivity contribution in [1.82, 2.24) is 15.3 Å². The molecule has 1 aliphatic rings. The highest BCUT2D eigenvalue weighted by Gasteiger charge is 2.15. The third-order valence-electron chi connectivity index (χ3n) is 3.41. The number of amides is 2. The Morgan fingerprint density at radius 3 is 2.35 bits per heavy atom. The van der Waals surface area contributed by atoms with Crippen molar-refractivity contribution in [2.24, 2.45) is 0 Å². The number of nitrogens with zero attached hydrogens (tertiary/aromatic N) is 2. The largest absolute Gasteiger partial charge is 0.389 e. The highest BCUT2D eigenvalue weighted by molar-refractivity contribution is 5.88. The van der Waals surface area contributed by atoms with Crippen molar-refractivity contribution >= 4 is 11.7 Å². The Labute approximate surface area is 119 Å². The lowest BCUT2D eigenvalue weighted by Crippen LogP contribution is -2.53. The van der Waals surface area contributed by atoms with Gasteiger partial charge in [-0.3, -0.25) is 5.43 Å². The number of rotatable bonds is 3. The van der Waals surface area contributed by atoms with Gasteiger partial charge in [0.25, 0.3) is 0 Å². The highest BCUT2D eigenvalue weighted by Crippen LogP contribution is 2.15. The smallest absolute Gasteiger partial charge is 0.333 e. The van der Waals surface area contributed by atoms with Gasteiger partial charge in [-0.2, -0.15) is 0 Å². The Bertz CT molecular complexity index is 439. The number of anilines is 1. The van der Waals surface area contributed by atoms with Crippen molar-refractivity contribution in [3.63, 3.8) is 0 Å². The van der Waals surface area contributed by atoms with Gasteiger partial charge in [0.2, 0.25) is 0 Å². The number of hydrogen-bond donors (Lipinski definition) is 3. The van der Waals surface area contributed by atoms with E-state index < -0.39 is 6.10 Å². The van der Waals surface area contributed by atoms with Crippen molar-refractivity contribution in [1.29, 1.82) is 0 Å². The number of aliphatic hydroxyl groups excluding tert-OH is 1. The highest BCUT2D eigenvalue weighted by atomic mass is 16.3. The van der Waals surface area contributed by atoms with Gasteiger partial charge in [0.1, 0.15) is 0 Å². The summed E-state index contributed by atoms with van der Waals surface area (Å²) in [5, 5.41) is 14.1. The van der Waals surface area contributed by atoms with Crippen molar-refractivity contribution in [2.75, 3.05) is 38.5 Å². The van der Waals surface area contributed by atoms with Gasteiger partial charge in [-0.25, -0.2) is 9.80 Å². The maximum Gasteiger partial charge on any atom is 0.333 e. The summed E-state index contributed by atoms with van der Waals surface area (Å²) in [6.07, 6.45) is -0.497. The van der Waals surface area contributed by atoms with Crippen LogP contribution in [-0.4, -0.2) is 54.3 Å². The summed E-state index contributed by atoms with van der Waals surface area (Å²) in [6, 6.07) is 6.93. The molecule has 1 aromatic carbocycles. The van der Waals surface area contributed by atoms with Crippen molar-refractivity contribution in [3.8, 4) is 0 Å². The molecule has 1 unspecified atom stereocenters. The van der Waals surface area contributed by atoms with Crippen LogP contribution in [0.25, 0.3) is 0 Å². The molecule has 0 radical (unpaired) electrons. The fourth-order valence-corrected chi connectivity index (χ4v) is 2.07. The van der Waals surface area contributed by atoms with Gasteiger partial charge in [0.15, 0.2) is 0 Å². The number of nitrogens with one attached hydrogen (secondary N) is 2. The fraction of sp³-hybridized carbons (Fsp3) is 0.500. The van der Waals surface area contributed by atoms with E-state index >= 15 is 0 Å². The summed E-state index contributed by atoms with van der Waals surface area (Å²) in [5.74, 6) is 0. The summed E-state index contributed by atoms with van der Waals surface area (Å²) in [4.78, 5) is 14.1. The minimum absolute atomic E-state index is 0.237. The molecule has 2 amide bonds. The molecule has 1 saturated heterocycles. The molecule has 3 N–H and O–H groups in total. The Morgan fingerprint density at radius 2 is 1.80 bits per heavy atom. The summed E-state index contributed by atoms with van der Waals surface area (Å²) in [5.41, 5.74) is 4.37. The standard InChI is InChI=1S/C14H22N4O2/c1-11(19)12-3-5-13(6-4-12)15-14(20)16-18-9-7-17(2)8-10-18/h3-6,11,19H,7-10H2,1-2H3,(H2,15,16,20). The van der Waals surface area contributed by atoms with E-state index in [1.165, 1.54) is 0 Å². The molecule has 1 fully saturated rings. The first-order chi connectivity index (χ1) is 9.54. The predicted molar refractivity (Wildman–Crippen MR) is 78.3 cm³/mol. The molecule has 110 valence electrons. The second-order valence-electron chi connectivity index (χ2n) is 5.15. The molecule has 0 aliphatic carbocycles. The Hall–Kier alpha value is -1.63. The number of hydrazine groups is 1. The van der Waals surface area contributed by atoms with E-state index in [0.717, 1.165) is 31.7 Å². The van der Waals surface area contributed by atoms with E-state index in [-0.39, 0.29) is 6.03 Å². The molecule has 1 aromatic rings. The summed E-state index contributed by atoms with van der Waals surface area (Å²) < 4.78 is 0. The van der Waals surface area contributed by atoms with Crippen LogP contribution >= 0.6 is 0 Å². The van der Waals surface area contributed by atoms with Crippen LogP contribution in [0.4, 0.5) is 10.5 Å². The van der Waals surface area contributed by atoms with Gasteiger partial charge >= 0.3 is 6.03 Å². The fourth-order valence-electron chi connectivity index (χ4n) is 2.07. The quantitative estimate of drug-likeness (QED) is 0.772. The van der Waals surface area contributed by atoms with Gasteiger partial charge in [-0.1, -0.05) is 12.1 Å². The summed E-state index contributed by atoms with van der Waals surface area (Å²) in [7, 11) is 2.07. The molecule has 0 saturated carbocycles. The van der Waals surface area contributed by atoms with E-state index in [1.54, 1.807) is 31.2 Å². The lowest BCUT2D eigenvalue weighted by atomic mass is 10.1. The number of urea groups is 1. The third-order valence-corrected chi connectivity index (χ3v) is 3.41. The molecule has 0 aromatic heterocycles. The van der Waals surface area contributed by atoms with Crippen LogP contribution in [0.15, 0.2) is 24.3 Å². The topological polar surface area (TPSA) is 67.8 Å². The second-order valence-corrected chi connectivity index (χ2v) is 5.15. The zero-order valence-corrected chi connectivity index (χ0v) is 12.0. The molecule has 2 rings (SSSR count). The minimum atomic E-state index is -0.497. The third kappa shape index (κ3) is 4.19. The molecular weight excluding hydrogens is 256 g/mol. The maximum atomic E-state index is 11.9. The van der Waals surface area contributed by atoms with E-state index in [0.29, 0.717) is 5.69 Å². The van der Waals surface area contributed by atoms with Gasteiger partial charge in [-0.15, -0.1) is 0 Å². The second kappa shape index (κ2) is 6.69. The van der Waals surface area contributed by atoms with E-state index in [1.807, 2.05) is 5.01 Å². The molecule has 6 nitrogen and oxygen atoms in total. The molecule has 0 bridgehead atoms. The lowest BCUT2D eigenvalue weighted by molar-refractivity contribution is 0.116. The normalized spacial score (nSPS) is 18.6. The van der Waals surface area contributed by atoms with Gasteiger partial charge in [0, 0.05) is 31.9 Å². The SMILES string of the molecule is CC(O)c1ccc(NC(=O)NN2CCN(C)CC2)cc1. The van der Waals surface area contributed by atoms with Crippen molar-refractivity contribution < 1.29 is 9.90 Å². The van der Waals surface area contributed by atoms with Crippen LogP contribution < -0.4 is 10.7 Å². The first-order valence-electron chi connectivity index (χ1n) is 6.84. The number of carbonyl (C=O) groups is 1. The first kappa shape index (κ1) is 14.8. The number of carbonyl (C=O) groups excluding carboxylic acids is 1. The number of piperazine rings is 1. The van der Waals surface area contributed by atoms with Crippen LogP contribution in [0.1, 0.15) is 18.6 Å². The molecule has 6 heteroatoms. The average Bonchev–Trinajstić information content (AvgIpc) is 2.42. The van der Waals surface area contributed by atoms with Crippen LogP contribution in [0.5, 0.6) is 0 Å². The number of benzene rings is 1. The zero-order valence-electron chi connectivity index (χ0n) is 12.0. The average molecular weight is 278 g/mol. The van der Waals surface area contributed by atoms with Crippen LogP contribution in [0, 0.1) is 0 Å². The predicted octanol–water partition coefficient (Wildman–Crippen LogP) is 1.02. The lowest BCUT2D eigenvalue weighted by Gasteiger charge is -2.32. The molecule has 1 heterocycles. The minimum Gasteiger partial charge on any atom is -0.389 e. The molecular formula is C14H22N4O2. The number of hydrogen-bond acceptors (Lipinski definition) is 4. The Balaban J connectivity index is 1.82. The molecule has 1 aliphatic heterocycles. The maximum absolute atomic E-state index is 11.9. The van der Waals surface area contributed by atoms with E-state index in [9.17, 15) is 9.90 Å². The zero-order chi connectivity index (χ0) is 14.5. The van der Waals surface area contributed by atoms with E-state index in [4.69, 9.17) is 0 Å². The van der Waals surface area contributed by atoms with Gasteiger partial charge in [0.05, 0.1) is 6.10 Å². The number of likely N-dealkylation sites (N-methyl/N-ethyl adjacent to an activating group) is 1. The molecule has 1 atom stereocenters. The van der Waals surface area contributed by atoms with Crippen molar-refractivity contribution in [2.45, 2.75) is 13.0 Å². The monoisotopic (exact) mass is 278 g/mol. The molecule has 20 heavy (non-hydrogen) atoms. The summed E-state index contributed by atoms with van der Waals surface area (Å²) >= 11 is 0. The Morgan fingerprint density at radius 1 is 1.20 bits per heavy atom. The van der Waals surface area contributed by atoms with Gasteiger partial charge < -0.3 is 15.3 Å². The summed E-state index contributed by atoms with van der Waals surface area (Å²) in [6.45, 7) is 5.25.